The number of rotatable bonds is 8. The molecular formula is C16H24N2O4. The van der Waals surface area contributed by atoms with Crippen molar-refractivity contribution in [3.05, 3.63) is 29.8 Å². The number of carbonyl (C=O) groups excluding carboxylic acids is 1. The number of carboxylic acids is 1. The monoisotopic (exact) mass is 308 g/mol. The molecule has 0 heterocycles. The minimum absolute atomic E-state index is 0.185. The maximum absolute atomic E-state index is 12.1. The average Bonchev–Trinajstić information content (AvgIpc) is 2.44. The van der Waals surface area contributed by atoms with E-state index >= 15 is 0 Å². The smallest absolute Gasteiger partial charge is 0.326 e. The third-order valence-electron chi connectivity index (χ3n) is 3.14. The van der Waals surface area contributed by atoms with E-state index in [1.807, 2.05) is 19.0 Å². The molecule has 1 atom stereocenters. The molecular weight excluding hydrogens is 284 g/mol. The Morgan fingerprint density at radius 2 is 1.82 bits per heavy atom. The lowest BCUT2D eigenvalue weighted by atomic mass is 10.0. The van der Waals surface area contributed by atoms with E-state index in [9.17, 15) is 9.59 Å². The molecule has 122 valence electrons. The number of hydrogen-bond acceptors (Lipinski definition) is 4. The van der Waals surface area contributed by atoms with Gasteiger partial charge in [0, 0.05) is 12.1 Å². The van der Waals surface area contributed by atoms with Gasteiger partial charge >= 0.3 is 5.97 Å². The van der Waals surface area contributed by atoms with E-state index in [4.69, 9.17) is 9.84 Å². The first kappa shape index (κ1) is 18.0. The van der Waals surface area contributed by atoms with Crippen LogP contribution in [0, 0.1) is 5.92 Å². The predicted molar refractivity (Wildman–Crippen MR) is 84.2 cm³/mol. The summed E-state index contributed by atoms with van der Waals surface area (Å²) in [6, 6.07) is 5.76. The highest BCUT2D eigenvalue weighted by Gasteiger charge is 2.23. The molecule has 2 N–H and O–H groups in total. The zero-order chi connectivity index (χ0) is 16.7. The fourth-order valence-electron chi connectivity index (χ4n) is 1.79. The molecule has 1 unspecified atom stereocenters. The number of nitrogens with one attached hydrogen (secondary N) is 1. The summed E-state index contributed by atoms with van der Waals surface area (Å²) in [4.78, 5) is 25.2. The Morgan fingerprint density at radius 1 is 1.23 bits per heavy atom. The molecule has 0 aliphatic heterocycles. The van der Waals surface area contributed by atoms with Gasteiger partial charge in [-0.3, -0.25) is 4.79 Å². The minimum atomic E-state index is -1.04. The Labute approximate surface area is 131 Å². The van der Waals surface area contributed by atoms with Gasteiger partial charge < -0.3 is 20.1 Å². The summed E-state index contributed by atoms with van der Waals surface area (Å²) in [5.74, 6) is -0.944. The van der Waals surface area contributed by atoms with Crippen molar-refractivity contribution in [2.45, 2.75) is 19.9 Å². The number of hydrogen-bond donors (Lipinski definition) is 2. The lowest BCUT2D eigenvalue weighted by molar-refractivity contribution is -0.140. The number of amides is 1. The largest absolute Gasteiger partial charge is 0.492 e. The fourth-order valence-corrected chi connectivity index (χ4v) is 1.79. The number of carboxylic acid groups (broad SMARTS) is 1. The number of carbonyl (C=O) groups is 2. The summed E-state index contributed by atoms with van der Waals surface area (Å²) >= 11 is 0. The van der Waals surface area contributed by atoms with E-state index in [-0.39, 0.29) is 5.92 Å². The molecule has 1 rings (SSSR count). The molecule has 1 aromatic rings. The second-order valence-electron chi connectivity index (χ2n) is 5.71. The summed E-state index contributed by atoms with van der Waals surface area (Å²) in [5, 5.41) is 11.6. The van der Waals surface area contributed by atoms with Gasteiger partial charge in [-0.1, -0.05) is 13.8 Å². The van der Waals surface area contributed by atoms with Gasteiger partial charge in [0.2, 0.25) is 0 Å². The van der Waals surface area contributed by atoms with Gasteiger partial charge in [0.25, 0.3) is 5.91 Å². The van der Waals surface area contributed by atoms with Gasteiger partial charge in [-0.05, 0) is 44.3 Å². The van der Waals surface area contributed by atoms with Crippen LogP contribution >= 0.6 is 0 Å². The third-order valence-corrected chi connectivity index (χ3v) is 3.14. The van der Waals surface area contributed by atoms with E-state index in [0.717, 1.165) is 6.54 Å². The zero-order valence-corrected chi connectivity index (χ0v) is 13.5. The molecule has 0 spiro atoms. The first-order valence-electron chi connectivity index (χ1n) is 7.22. The van der Waals surface area contributed by atoms with Crippen molar-refractivity contribution < 1.29 is 19.4 Å². The second-order valence-corrected chi connectivity index (χ2v) is 5.71. The second kappa shape index (κ2) is 8.38. The molecule has 0 aliphatic carbocycles. The number of aliphatic carboxylic acids is 1. The van der Waals surface area contributed by atoms with Crippen molar-refractivity contribution in [2.75, 3.05) is 27.2 Å². The van der Waals surface area contributed by atoms with Gasteiger partial charge in [0.1, 0.15) is 18.4 Å². The van der Waals surface area contributed by atoms with Crippen molar-refractivity contribution in [3.8, 4) is 5.75 Å². The van der Waals surface area contributed by atoms with Gasteiger partial charge in [-0.15, -0.1) is 0 Å². The Kier molecular flexibility index (Phi) is 6.85. The van der Waals surface area contributed by atoms with Crippen molar-refractivity contribution in [1.82, 2.24) is 10.2 Å². The molecule has 0 saturated heterocycles. The van der Waals surface area contributed by atoms with Gasteiger partial charge in [0.15, 0.2) is 0 Å². The van der Waals surface area contributed by atoms with Crippen LogP contribution in [0.3, 0.4) is 0 Å². The Bertz CT molecular complexity index is 497. The lowest BCUT2D eigenvalue weighted by Gasteiger charge is -2.18. The number of likely N-dealkylation sites (N-methyl/N-ethyl adjacent to an activating group) is 1. The highest BCUT2D eigenvalue weighted by atomic mass is 16.5. The summed E-state index contributed by atoms with van der Waals surface area (Å²) in [5.41, 5.74) is 0.409. The van der Waals surface area contributed by atoms with Crippen molar-refractivity contribution in [1.29, 1.82) is 0 Å². The fraction of sp³-hybridized carbons (Fsp3) is 0.500. The molecule has 0 fully saturated rings. The Morgan fingerprint density at radius 3 is 2.27 bits per heavy atom. The van der Waals surface area contributed by atoms with E-state index in [1.54, 1.807) is 38.1 Å². The molecule has 6 heteroatoms. The average molecular weight is 308 g/mol. The summed E-state index contributed by atoms with van der Waals surface area (Å²) in [6.45, 7) is 4.87. The van der Waals surface area contributed by atoms with Crippen LogP contribution in [0.4, 0.5) is 0 Å². The van der Waals surface area contributed by atoms with E-state index < -0.39 is 17.9 Å². The molecule has 0 bridgehead atoms. The maximum atomic E-state index is 12.1. The van der Waals surface area contributed by atoms with E-state index in [0.29, 0.717) is 17.9 Å². The molecule has 0 aliphatic rings. The van der Waals surface area contributed by atoms with Crippen molar-refractivity contribution >= 4 is 11.9 Å². The quantitative estimate of drug-likeness (QED) is 0.760. The van der Waals surface area contributed by atoms with Crippen LogP contribution in [0.2, 0.25) is 0 Å². The van der Waals surface area contributed by atoms with Crippen LogP contribution < -0.4 is 10.1 Å². The maximum Gasteiger partial charge on any atom is 0.326 e. The van der Waals surface area contributed by atoms with Gasteiger partial charge in [0.05, 0.1) is 0 Å². The number of nitrogens with zero attached hydrogens (tertiary/aromatic N) is 1. The molecule has 0 aromatic heterocycles. The van der Waals surface area contributed by atoms with E-state index in [1.165, 1.54) is 0 Å². The molecule has 1 aromatic carbocycles. The number of benzene rings is 1. The van der Waals surface area contributed by atoms with Gasteiger partial charge in [-0.25, -0.2) is 4.79 Å². The molecule has 0 radical (unpaired) electrons. The highest BCUT2D eigenvalue weighted by Crippen LogP contribution is 2.13. The van der Waals surface area contributed by atoms with E-state index in [2.05, 4.69) is 5.32 Å². The predicted octanol–water partition coefficient (Wildman–Crippen LogP) is 1.47. The first-order valence-corrected chi connectivity index (χ1v) is 7.22. The Balaban J connectivity index is 2.62. The summed E-state index contributed by atoms with van der Waals surface area (Å²) in [7, 11) is 3.93. The lowest BCUT2D eigenvalue weighted by Crippen LogP contribution is -2.44. The molecule has 0 saturated carbocycles. The molecule has 6 nitrogen and oxygen atoms in total. The first-order chi connectivity index (χ1) is 10.3. The van der Waals surface area contributed by atoms with Crippen LogP contribution in [-0.4, -0.2) is 55.2 Å². The van der Waals surface area contributed by atoms with Crippen molar-refractivity contribution in [2.24, 2.45) is 5.92 Å². The number of ether oxygens (including phenoxy) is 1. The zero-order valence-electron chi connectivity index (χ0n) is 13.5. The van der Waals surface area contributed by atoms with Crippen LogP contribution in [-0.2, 0) is 4.79 Å². The van der Waals surface area contributed by atoms with Crippen LogP contribution in [0.5, 0.6) is 5.75 Å². The highest BCUT2D eigenvalue weighted by molar-refractivity contribution is 5.96. The molecule has 22 heavy (non-hydrogen) atoms. The van der Waals surface area contributed by atoms with Crippen LogP contribution in [0.25, 0.3) is 0 Å². The summed E-state index contributed by atoms with van der Waals surface area (Å²) in [6.07, 6.45) is 0. The SMILES string of the molecule is CC(C)C(NC(=O)c1ccc(OCCN(C)C)cc1)C(=O)O. The molecule has 1 amide bonds. The van der Waals surface area contributed by atoms with Crippen molar-refractivity contribution in [3.63, 3.8) is 0 Å². The summed E-state index contributed by atoms with van der Waals surface area (Å²) < 4.78 is 5.54. The van der Waals surface area contributed by atoms with Crippen LogP contribution in [0.1, 0.15) is 24.2 Å². The minimum Gasteiger partial charge on any atom is -0.492 e. The third kappa shape index (κ3) is 5.73. The van der Waals surface area contributed by atoms with Gasteiger partial charge in [-0.2, -0.15) is 0 Å². The Hall–Kier alpha value is -2.08. The standard InChI is InChI=1S/C16H24N2O4/c1-11(2)14(16(20)21)17-15(19)12-5-7-13(8-6-12)22-10-9-18(3)4/h5-8,11,14H,9-10H2,1-4H3,(H,17,19)(H,20,21). The van der Waals surface area contributed by atoms with Crippen LogP contribution in [0.15, 0.2) is 24.3 Å². The normalized spacial score (nSPS) is 12.3. The topological polar surface area (TPSA) is 78.9 Å².